The van der Waals surface area contributed by atoms with E-state index in [0.717, 1.165) is 12.8 Å². The smallest absolute Gasteiger partial charge is 0.307 e. The van der Waals surface area contributed by atoms with Crippen LogP contribution in [0.25, 0.3) is 0 Å². The highest BCUT2D eigenvalue weighted by molar-refractivity contribution is 5.68. The normalized spacial score (nSPS) is 12.2. The molecule has 0 aliphatic heterocycles. The minimum atomic E-state index is -0.340. The van der Waals surface area contributed by atoms with Crippen LogP contribution in [0.3, 0.4) is 0 Å². The van der Waals surface area contributed by atoms with E-state index in [4.69, 9.17) is 9.47 Å². The molecule has 102 valence electrons. The second-order valence-corrected chi connectivity index (χ2v) is 3.95. The molecule has 0 heterocycles. The highest BCUT2D eigenvalue weighted by atomic mass is 16.5. The van der Waals surface area contributed by atoms with Crippen LogP contribution in [0.1, 0.15) is 53.4 Å². The van der Waals surface area contributed by atoms with Gasteiger partial charge < -0.3 is 9.47 Å². The maximum atomic E-state index is 10.9. The maximum Gasteiger partial charge on any atom is 0.307 e. The molecule has 0 radical (unpaired) electrons. The minimum Gasteiger partial charge on any atom is -0.431 e. The largest absolute Gasteiger partial charge is 0.431 e. The summed E-state index contributed by atoms with van der Waals surface area (Å²) < 4.78 is 10.1. The molecule has 0 aromatic carbocycles. The standard InChI is InChI=1S/C14H22O4/c1-5-7-13(17-11(3)15)9-10-14(8-6-2)18-12(4)16/h9-10H,5-8H2,1-4H3/b13-9-,14-10-. The van der Waals surface area contributed by atoms with Crippen molar-refractivity contribution < 1.29 is 19.1 Å². The molecular weight excluding hydrogens is 232 g/mol. The average Bonchev–Trinajstić information content (AvgIpc) is 2.24. The highest BCUT2D eigenvalue weighted by Crippen LogP contribution is 2.12. The molecule has 0 aliphatic rings. The Kier molecular flexibility index (Phi) is 8.62. The number of hydrogen-bond acceptors (Lipinski definition) is 4. The van der Waals surface area contributed by atoms with E-state index in [2.05, 4.69) is 0 Å². The van der Waals surface area contributed by atoms with Gasteiger partial charge in [-0.25, -0.2) is 0 Å². The van der Waals surface area contributed by atoms with Crippen LogP contribution in [0.2, 0.25) is 0 Å². The van der Waals surface area contributed by atoms with Gasteiger partial charge in [0.1, 0.15) is 11.5 Å². The van der Waals surface area contributed by atoms with E-state index in [1.54, 1.807) is 12.2 Å². The van der Waals surface area contributed by atoms with Gasteiger partial charge in [-0.15, -0.1) is 0 Å². The van der Waals surface area contributed by atoms with Crippen molar-refractivity contribution in [2.45, 2.75) is 53.4 Å². The number of rotatable bonds is 7. The molecular formula is C14H22O4. The maximum absolute atomic E-state index is 10.9. The van der Waals surface area contributed by atoms with Gasteiger partial charge in [-0.05, 0) is 25.0 Å². The van der Waals surface area contributed by atoms with Crippen LogP contribution >= 0.6 is 0 Å². The Morgan fingerprint density at radius 3 is 1.39 bits per heavy atom. The second kappa shape index (κ2) is 9.45. The molecule has 0 saturated carbocycles. The van der Waals surface area contributed by atoms with Gasteiger partial charge in [0.2, 0.25) is 0 Å². The van der Waals surface area contributed by atoms with Crippen LogP contribution in [0.15, 0.2) is 23.7 Å². The first-order valence-corrected chi connectivity index (χ1v) is 6.26. The summed E-state index contributed by atoms with van der Waals surface area (Å²) in [6.07, 6.45) is 6.50. The van der Waals surface area contributed by atoms with Crippen molar-refractivity contribution in [1.82, 2.24) is 0 Å². The fourth-order valence-electron chi connectivity index (χ4n) is 1.38. The SMILES string of the molecule is CCC/C(=C/C=C(/CCC)OC(C)=O)OC(C)=O. The van der Waals surface area contributed by atoms with Gasteiger partial charge in [0.05, 0.1) is 0 Å². The van der Waals surface area contributed by atoms with Crippen LogP contribution < -0.4 is 0 Å². The molecule has 4 nitrogen and oxygen atoms in total. The Morgan fingerprint density at radius 2 is 1.17 bits per heavy atom. The zero-order valence-electron chi connectivity index (χ0n) is 11.6. The van der Waals surface area contributed by atoms with Gasteiger partial charge in [0.25, 0.3) is 0 Å². The fraction of sp³-hybridized carbons (Fsp3) is 0.571. The van der Waals surface area contributed by atoms with Crippen molar-refractivity contribution in [2.24, 2.45) is 0 Å². The molecule has 0 fully saturated rings. The number of hydrogen-bond donors (Lipinski definition) is 0. The second-order valence-electron chi connectivity index (χ2n) is 3.95. The monoisotopic (exact) mass is 254 g/mol. The number of carbonyl (C=O) groups excluding carboxylic acids is 2. The molecule has 0 unspecified atom stereocenters. The molecule has 0 aromatic heterocycles. The first-order valence-electron chi connectivity index (χ1n) is 6.26. The molecule has 0 saturated heterocycles. The summed E-state index contributed by atoms with van der Waals surface area (Å²) in [4.78, 5) is 21.8. The van der Waals surface area contributed by atoms with Gasteiger partial charge in [0, 0.05) is 26.7 Å². The van der Waals surface area contributed by atoms with Crippen molar-refractivity contribution in [3.63, 3.8) is 0 Å². The van der Waals surface area contributed by atoms with E-state index in [-0.39, 0.29) is 11.9 Å². The molecule has 0 aliphatic carbocycles. The van der Waals surface area contributed by atoms with Crippen LogP contribution in [0.5, 0.6) is 0 Å². The molecule has 0 aromatic rings. The van der Waals surface area contributed by atoms with E-state index in [0.29, 0.717) is 24.4 Å². The van der Waals surface area contributed by atoms with Crippen molar-refractivity contribution in [2.75, 3.05) is 0 Å². The molecule has 0 rings (SSSR count). The number of carbonyl (C=O) groups is 2. The lowest BCUT2D eigenvalue weighted by molar-refractivity contribution is -0.138. The van der Waals surface area contributed by atoms with Crippen LogP contribution in [0, 0.1) is 0 Å². The van der Waals surface area contributed by atoms with E-state index in [9.17, 15) is 9.59 Å². The topological polar surface area (TPSA) is 52.6 Å². The van der Waals surface area contributed by atoms with E-state index in [1.165, 1.54) is 13.8 Å². The van der Waals surface area contributed by atoms with Crippen LogP contribution in [-0.4, -0.2) is 11.9 Å². The van der Waals surface area contributed by atoms with Gasteiger partial charge in [-0.3, -0.25) is 9.59 Å². The Balaban J connectivity index is 4.80. The van der Waals surface area contributed by atoms with Gasteiger partial charge >= 0.3 is 11.9 Å². The summed E-state index contributed by atoms with van der Waals surface area (Å²) in [5, 5.41) is 0. The molecule has 4 heteroatoms. The number of ether oxygens (including phenoxy) is 2. The summed E-state index contributed by atoms with van der Waals surface area (Å²) in [6, 6.07) is 0. The summed E-state index contributed by atoms with van der Waals surface area (Å²) in [6.45, 7) is 6.73. The van der Waals surface area contributed by atoms with E-state index < -0.39 is 0 Å². The fourth-order valence-corrected chi connectivity index (χ4v) is 1.38. The minimum absolute atomic E-state index is 0.340. The lowest BCUT2D eigenvalue weighted by Crippen LogP contribution is -2.00. The highest BCUT2D eigenvalue weighted by Gasteiger charge is 2.03. The number of allylic oxidation sites excluding steroid dienone is 4. The third-order valence-electron chi connectivity index (χ3n) is 2.00. The van der Waals surface area contributed by atoms with E-state index in [1.807, 2.05) is 13.8 Å². The summed E-state index contributed by atoms with van der Waals surface area (Å²) in [5.74, 6) is 0.497. The predicted octanol–water partition coefficient (Wildman–Crippen LogP) is 3.48. The van der Waals surface area contributed by atoms with E-state index >= 15 is 0 Å². The Morgan fingerprint density at radius 1 is 0.833 bits per heavy atom. The molecule has 0 spiro atoms. The third kappa shape index (κ3) is 8.56. The van der Waals surface area contributed by atoms with Crippen molar-refractivity contribution in [1.29, 1.82) is 0 Å². The van der Waals surface area contributed by atoms with Crippen molar-refractivity contribution in [3.8, 4) is 0 Å². The number of esters is 2. The molecule has 18 heavy (non-hydrogen) atoms. The summed E-state index contributed by atoms with van der Waals surface area (Å²) in [7, 11) is 0. The average molecular weight is 254 g/mol. The lowest BCUT2D eigenvalue weighted by atomic mass is 10.2. The van der Waals surface area contributed by atoms with Gasteiger partial charge in [-0.1, -0.05) is 13.8 Å². The van der Waals surface area contributed by atoms with Crippen LogP contribution in [-0.2, 0) is 19.1 Å². The van der Waals surface area contributed by atoms with Crippen LogP contribution in [0.4, 0.5) is 0 Å². The quantitative estimate of drug-likeness (QED) is 0.396. The molecule has 0 amide bonds. The first kappa shape index (κ1) is 16.4. The zero-order valence-corrected chi connectivity index (χ0v) is 11.6. The Labute approximate surface area is 109 Å². The Bertz CT molecular complexity index is 306. The summed E-state index contributed by atoms with van der Waals surface area (Å²) >= 11 is 0. The zero-order chi connectivity index (χ0) is 14.0. The lowest BCUT2D eigenvalue weighted by Gasteiger charge is -2.06. The van der Waals surface area contributed by atoms with Crippen molar-refractivity contribution in [3.05, 3.63) is 23.7 Å². The third-order valence-corrected chi connectivity index (χ3v) is 2.00. The Hall–Kier alpha value is -1.58. The predicted molar refractivity (Wildman–Crippen MR) is 69.5 cm³/mol. The van der Waals surface area contributed by atoms with Gasteiger partial charge in [-0.2, -0.15) is 0 Å². The molecule has 0 N–H and O–H groups in total. The first-order chi connectivity index (χ1) is 8.49. The molecule has 0 atom stereocenters. The van der Waals surface area contributed by atoms with Gasteiger partial charge in [0.15, 0.2) is 0 Å². The van der Waals surface area contributed by atoms with Crippen molar-refractivity contribution >= 4 is 11.9 Å². The molecule has 0 bridgehead atoms. The summed E-state index contributed by atoms with van der Waals surface area (Å²) in [5.41, 5.74) is 0.